The van der Waals surface area contributed by atoms with Gasteiger partial charge in [-0.1, -0.05) is 63.2 Å². The third-order valence-corrected chi connectivity index (χ3v) is 16.5. The molecule has 3 N–H and O–H groups in total. The van der Waals surface area contributed by atoms with Gasteiger partial charge < -0.3 is 44.5 Å². The number of thiazole rings is 1. The van der Waals surface area contributed by atoms with Crippen molar-refractivity contribution >= 4 is 64.8 Å². The Hall–Kier alpha value is -6.86. The molecule has 21 heteroatoms. The van der Waals surface area contributed by atoms with E-state index in [9.17, 15) is 14.4 Å². The molecule has 1 aliphatic heterocycles. The van der Waals surface area contributed by atoms with Crippen molar-refractivity contribution in [1.82, 2.24) is 25.5 Å². The molecule has 3 fully saturated rings. The van der Waals surface area contributed by atoms with Crippen LogP contribution < -0.4 is 25.4 Å². The summed E-state index contributed by atoms with van der Waals surface area (Å²) in [6, 6.07) is 20.9. The molecular weight excluding hydrogens is 1000 g/mol. The van der Waals surface area contributed by atoms with E-state index < -0.39 is 85.8 Å². The number of carbonyl (C=O) groups excluding carboxylic acids is 5. The van der Waals surface area contributed by atoms with Crippen molar-refractivity contribution < 1.29 is 61.3 Å². The quantitative estimate of drug-likeness (QED) is 0.0204. The Morgan fingerprint density at radius 2 is 1.52 bits per heavy atom. The summed E-state index contributed by atoms with van der Waals surface area (Å²) >= 11 is 1.43. The highest BCUT2D eigenvalue weighted by Crippen LogP contribution is 2.73. The van der Waals surface area contributed by atoms with Gasteiger partial charge in [-0.05, 0) is 87.8 Å². The van der Waals surface area contributed by atoms with Crippen LogP contribution in [-0.4, -0.2) is 108 Å². The third kappa shape index (κ3) is 12.8. The Balaban J connectivity index is 1.12. The van der Waals surface area contributed by atoms with Crippen LogP contribution in [0.4, 0.5) is 9.93 Å². The number of methoxy groups -OCH3 is 1. The second-order valence-electron chi connectivity index (χ2n) is 20.0. The van der Waals surface area contributed by atoms with Gasteiger partial charge in [0.15, 0.2) is 5.13 Å². The minimum absolute atomic E-state index is 0.0289. The maximum atomic E-state index is 15.4. The van der Waals surface area contributed by atoms with E-state index in [2.05, 4.69) is 22.5 Å². The molecular formula is C54H63N6O13PS. The molecule has 8 rings (SSSR count). The average molecular weight is 1070 g/mol. The second kappa shape index (κ2) is 23.4. The molecule has 0 radical (unpaired) electrons. The molecule has 2 aromatic heterocycles. The molecule has 2 saturated carbocycles. The van der Waals surface area contributed by atoms with Crippen LogP contribution in [0.3, 0.4) is 0 Å². The maximum absolute atomic E-state index is 15.4. The smallest absolute Gasteiger partial charge is 0.408 e. The zero-order chi connectivity index (χ0) is 53.5. The lowest BCUT2D eigenvalue weighted by atomic mass is 9.85. The molecule has 3 amide bonds. The summed E-state index contributed by atoms with van der Waals surface area (Å²) in [5.41, 5.74) is 1.12. The molecule has 3 heterocycles. The molecule has 19 nitrogen and oxygen atoms in total. The monoisotopic (exact) mass is 1070 g/mol. The largest absolute Gasteiger partial charge is 0.497 e. The fourth-order valence-electron chi connectivity index (χ4n) is 9.17. The van der Waals surface area contributed by atoms with E-state index in [0.717, 1.165) is 12.8 Å². The van der Waals surface area contributed by atoms with Gasteiger partial charge in [-0.15, -0.1) is 17.9 Å². The molecule has 75 heavy (non-hydrogen) atoms. The highest BCUT2D eigenvalue weighted by atomic mass is 32.1. The van der Waals surface area contributed by atoms with Crippen molar-refractivity contribution in [2.24, 2.45) is 11.3 Å². The van der Waals surface area contributed by atoms with Crippen molar-refractivity contribution in [2.75, 3.05) is 32.6 Å². The number of nitrogens with zero attached hydrogens (tertiary/aromatic N) is 3. The van der Waals surface area contributed by atoms with E-state index in [4.69, 9.17) is 42.7 Å². The van der Waals surface area contributed by atoms with Gasteiger partial charge in [0.1, 0.15) is 46.8 Å². The molecule has 398 valence electrons. The van der Waals surface area contributed by atoms with E-state index in [-0.39, 0.29) is 42.7 Å². The number of hydrogen-bond donors (Lipinski definition) is 3. The number of aromatic nitrogens is 2. The average Bonchev–Trinajstić information content (AvgIpc) is 3.79. The normalized spacial score (nSPS) is 20.0. The van der Waals surface area contributed by atoms with Gasteiger partial charge >= 0.3 is 25.6 Å². The first kappa shape index (κ1) is 54.4. The molecule has 5 aromatic rings. The van der Waals surface area contributed by atoms with E-state index >= 15 is 14.2 Å². The van der Waals surface area contributed by atoms with Gasteiger partial charge in [0, 0.05) is 41.3 Å². The van der Waals surface area contributed by atoms with E-state index in [1.807, 2.05) is 25.3 Å². The van der Waals surface area contributed by atoms with Crippen LogP contribution in [0.15, 0.2) is 103 Å². The zero-order valence-corrected chi connectivity index (χ0v) is 44.5. The molecule has 3 unspecified atom stereocenters. The Labute approximate surface area is 439 Å². The number of ether oxygens (including phenoxy) is 5. The van der Waals surface area contributed by atoms with Crippen LogP contribution in [0.5, 0.6) is 11.5 Å². The number of esters is 2. The predicted octanol–water partition coefficient (Wildman–Crippen LogP) is 9.49. The molecule has 1 saturated heterocycles. The second-order valence-corrected chi connectivity index (χ2v) is 23.2. The summed E-state index contributed by atoms with van der Waals surface area (Å²) in [6.07, 6.45) is 2.72. The minimum Gasteiger partial charge on any atom is -0.497 e. The molecule has 0 bridgehead atoms. The van der Waals surface area contributed by atoms with Crippen LogP contribution in [0.25, 0.3) is 22.3 Å². The van der Waals surface area contributed by atoms with Crippen molar-refractivity contribution in [3.63, 3.8) is 0 Å². The molecule has 0 spiro atoms. The Bertz CT molecular complexity index is 2870. The number of pyridine rings is 1. The lowest BCUT2D eigenvalue weighted by molar-refractivity contribution is -0.142. The van der Waals surface area contributed by atoms with Crippen LogP contribution in [0.2, 0.25) is 0 Å². The number of alkyl carbamates (subject to hydrolysis) is 1. The van der Waals surface area contributed by atoms with Gasteiger partial charge in [0.2, 0.25) is 25.4 Å². The minimum atomic E-state index is -4.73. The fraction of sp³-hybridized carbons (Fsp3) is 0.426. The lowest BCUT2D eigenvalue weighted by Gasteiger charge is -2.36. The fourth-order valence-corrected chi connectivity index (χ4v) is 12.1. The highest BCUT2D eigenvalue weighted by Gasteiger charge is 2.69. The van der Waals surface area contributed by atoms with Gasteiger partial charge in [-0.2, -0.15) is 0 Å². The molecule has 2 aliphatic carbocycles. The van der Waals surface area contributed by atoms with Gasteiger partial charge in [0.25, 0.3) is 0 Å². The van der Waals surface area contributed by atoms with Gasteiger partial charge in [0.05, 0.1) is 36.0 Å². The maximum Gasteiger partial charge on any atom is 0.408 e. The lowest BCUT2D eigenvalue weighted by Crippen LogP contribution is -2.58. The highest BCUT2D eigenvalue weighted by molar-refractivity contribution is 7.56. The number of rotatable bonds is 21. The Morgan fingerprint density at radius 3 is 2.09 bits per heavy atom. The first-order valence-corrected chi connectivity index (χ1v) is 27.3. The number of amides is 3. The van der Waals surface area contributed by atoms with Gasteiger partial charge in [-0.3, -0.25) is 23.2 Å². The van der Waals surface area contributed by atoms with E-state index in [1.54, 1.807) is 82.5 Å². The van der Waals surface area contributed by atoms with Crippen molar-refractivity contribution in [3.8, 4) is 22.9 Å². The summed E-state index contributed by atoms with van der Waals surface area (Å²) < 4.78 is 56.0. The Kier molecular flexibility index (Phi) is 16.9. The van der Waals surface area contributed by atoms with Crippen molar-refractivity contribution in [3.05, 3.63) is 114 Å². The van der Waals surface area contributed by atoms with Crippen LogP contribution in [-0.2, 0) is 37.4 Å². The third-order valence-electron chi connectivity index (χ3n) is 13.2. The van der Waals surface area contributed by atoms with Crippen LogP contribution >= 0.6 is 18.9 Å². The first-order chi connectivity index (χ1) is 35.9. The summed E-state index contributed by atoms with van der Waals surface area (Å²) in [5.74, 6) is -2.75. The first-order valence-electron chi connectivity index (χ1n) is 24.8. The number of fused-ring (bicyclic) bond motifs is 1. The molecule has 5 atom stereocenters. The number of likely N-dealkylation sites (tertiary alicyclic amines) is 1. The summed E-state index contributed by atoms with van der Waals surface area (Å²) in [5, 5.41) is 10.4. The van der Waals surface area contributed by atoms with E-state index in [1.165, 1.54) is 46.6 Å². The van der Waals surface area contributed by atoms with Crippen molar-refractivity contribution in [2.45, 2.75) is 109 Å². The SMILES string of the molecule is C=CC1C[C@]1(NC(=O)C1C[C@@H](Oc2cc(-c3csc(NC(C)C)n3)nc3cc(OC)ccc23)CN1C(=O)C(NC(=O)OC1CCCC1)C(C)(C)C)P(=O)(OCOC(=O)c1ccccc1)OCOC(=O)c1ccccc1. The Morgan fingerprint density at radius 1 is 0.880 bits per heavy atom. The van der Waals surface area contributed by atoms with Gasteiger partial charge in [-0.25, -0.2) is 24.4 Å². The number of anilines is 1. The van der Waals surface area contributed by atoms with Crippen LogP contribution in [0, 0.1) is 11.3 Å². The number of benzene rings is 3. The predicted molar refractivity (Wildman–Crippen MR) is 280 cm³/mol. The number of nitrogens with one attached hydrogen (secondary N) is 3. The number of carbonyl (C=O) groups is 5. The van der Waals surface area contributed by atoms with Crippen LogP contribution in [0.1, 0.15) is 93.9 Å². The molecule has 3 aromatic carbocycles. The topological polar surface area (TPSA) is 232 Å². The summed E-state index contributed by atoms with van der Waals surface area (Å²) in [6.45, 7) is 11.4. The summed E-state index contributed by atoms with van der Waals surface area (Å²) in [7, 11) is -3.18. The zero-order valence-electron chi connectivity index (χ0n) is 42.8. The van der Waals surface area contributed by atoms with E-state index in [0.29, 0.717) is 51.8 Å². The molecule has 3 aliphatic rings. The summed E-state index contributed by atoms with van der Waals surface area (Å²) in [4.78, 5) is 81.0. The number of hydrogen-bond acceptors (Lipinski definition) is 17. The standard InChI is InChI=1S/C54H63N6O13PS/c1-8-36-28-54(36,74(66,70-31-68-49(63)34-17-11-9-12-18-34)71-32-69-50(64)35-19-13-10-14-20-35)59-47(61)44-26-39(29-60(44)48(62)46(53(4,5)6)58-52(65)73-37-21-15-16-22-37)72-45-27-42(43-30-75-51(57-43)55-33(2)3)56-41-25-38(67-7)23-24-40(41)45/h8-14,17-20,23-25,27,30,33,36-37,39,44,46H,1,15-16,21-22,26,28-29,31-32H2,2-7H3,(H,55,57)(H,58,65)(H,59,61)/t36?,39-,44?,46?,54+/m1/s1. The van der Waals surface area contributed by atoms with Crippen molar-refractivity contribution in [1.29, 1.82) is 0 Å².